The zero-order valence-electron chi connectivity index (χ0n) is 9.78. The van der Waals surface area contributed by atoms with E-state index < -0.39 is 0 Å². The fourth-order valence-electron chi connectivity index (χ4n) is 1.92. The number of nitrogens with one attached hydrogen (secondary N) is 1. The molecule has 0 saturated heterocycles. The Balaban J connectivity index is 0.00000128. The number of nitrogens with zero attached hydrogens (tertiary/aromatic N) is 2. The fraction of sp³-hybridized carbons (Fsp3) is 0.455. The molecule has 5 heteroatoms. The van der Waals surface area contributed by atoms with Gasteiger partial charge < -0.3 is 33.8 Å². The number of halogens is 1. The van der Waals surface area contributed by atoms with Crippen LogP contribution in [-0.4, -0.2) is 38.8 Å². The summed E-state index contributed by atoms with van der Waals surface area (Å²) in [6.45, 7) is 2.96. The third-order valence-electron chi connectivity index (χ3n) is 2.77. The summed E-state index contributed by atoms with van der Waals surface area (Å²) in [5.41, 5.74) is 2.48. The van der Waals surface area contributed by atoms with Crippen molar-refractivity contribution in [2.24, 2.45) is 5.84 Å². The number of anilines is 1. The Labute approximate surface area is 114 Å². The van der Waals surface area contributed by atoms with E-state index in [1.54, 1.807) is 0 Å². The number of likely N-dealkylation sites (N-methyl/N-ethyl adjacent to an activating group) is 1. The van der Waals surface area contributed by atoms with Gasteiger partial charge in [0.15, 0.2) is 12.4 Å². The number of nitrogens with two attached hydrogens (primary N) is 1. The van der Waals surface area contributed by atoms with Crippen LogP contribution in [0.4, 0.5) is 11.4 Å². The molecule has 0 radical (unpaired) electrons. The van der Waals surface area contributed by atoms with Gasteiger partial charge in [-0.3, -0.25) is 0 Å². The second-order valence-electron chi connectivity index (χ2n) is 4.27. The lowest BCUT2D eigenvalue weighted by molar-refractivity contribution is -0.838. The number of quaternary nitrogens is 1. The van der Waals surface area contributed by atoms with Crippen LogP contribution in [-0.2, 0) is 0 Å². The van der Waals surface area contributed by atoms with Crippen molar-refractivity contribution < 1.29 is 29.0 Å². The predicted molar refractivity (Wildman–Crippen MR) is 62.0 cm³/mol. The van der Waals surface area contributed by atoms with Crippen molar-refractivity contribution in [3.63, 3.8) is 0 Å². The van der Waals surface area contributed by atoms with Crippen LogP contribution in [0.15, 0.2) is 24.3 Å². The first-order valence-electron chi connectivity index (χ1n) is 5.29. The van der Waals surface area contributed by atoms with E-state index in [9.17, 15) is 0 Å². The number of fused-ring (bicyclic) bond motifs is 1. The summed E-state index contributed by atoms with van der Waals surface area (Å²) in [6.07, 6.45) is 0. The highest BCUT2D eigenvalue weighted by Gasteiger charge is 2.27. The van der Waals surface area contributed by atoms with Crippen molar-refractivity contribution in [1.82, 2.24) is 4.90 Å². The number of rotatable bonds is 3. The molecule has 3 N–H and O–H groups in total. The molecule has 0 aromatic heterocycles. The van der Waals surface area contributed by atoms with Crippen LogP contribution < -0.4 is 39.7 Å². The summed E-state index contributed by atoms with van der Waals surface area (Å²) >= 11 is 0. The molecule has 4 nitrogen and oxygen atoms in total. The summed E-state index contributed by atoms with van der Waals surface area (Å²) in [4.78, 5) is 4.53. The molecule has 0 aliphatic carbocycles. The van der Waals surface area contributed by atoms with E-state index in [0.29, 0.717) is 0 Å². The number of hydrogen-bond acceptors (Lipinski definition) is 3. The Morgan fingerprint density at radius 2 is 2.06 bits per heavy atom. The van der Waals surface area contributed by atoms with E-state index in [0.717, 1.165) is 24.8 Å². The van der Waals surface area contributed by atoms with Gasteiger partial charge in [-0.25, -0.2) is 5.01 Å². The van der Waals surface area contributed by atoms with E-state index >= 15 is 0 Å². The normalized spacial score (nSPS) is 18.5. The van der Waals surface area contributed by atoms with Gasteiger partial charge in [0.25, 0.3) is 0 Å². The monoisotopic (exact) mass is 334 g/mol. The van der Waals surface area contributed by atoms with Gasteiger partial charge in [0.05, 0.1) is 0 Å². The minimum Gasteiger partial charge on any atom is -1.00 e. The maximum atomic E-state index is 6.00. The molecule has 0 bridgehead atoms. The van der Waals surface area contributed by atoms with Crippen molar-refractivity contribution in [3.05, 3.63) is 24.3 Å². The lowest BCUT2D eigenvalue weighted by Crippen LogP contribution is -3.12. The van der Waals surface area contributed by atoms with Gasteiger partial charge in [-0.2, -0.15) is 5.84 Å². The van der Waals surface area contributed by atoms with E-state index in [1.807, 2.05) is 6.07 Å². The third kappa shape index (κ3) is 2.85. The van der Waals surface area contributed by atoms with Crippen LogP contribution in [0.2, 0.25) is 0 Å². The summed E-state index contributed by atoms with van der Waals surface area (Å²) in [5.74, 6) is 6.00. The van der Waals surface area contributed by atoms with Gasteiger partial charge in [-0.1, -0.05) is 12.1 Å². The second kappa shape index (κ2) is 5.81. The molecule has 1 aliphatic rings. The van der Waals surface area contributed by atoms with Crippen LogP contribution in [0.3, 0.4) is 0 Å². The van der Waals surface area contributed by atoms with Crippen LogP contribution in [0, 0.1) is 0 Å². The largest absolute Gasteiger partial charge is 1.00 e. The number of para-hydroxylation sites is 2. The summed E-state index contributed by atoms with van der Waals surface area (Å²) in [7, 11) is 4.18. The first-order valence-corrected chi connectivity index (χ1v) is 5.29. The van der Waals surface area contributed by atoms with Crippen LogP contribution in [0.25, 0.3) is 0 Å². The topological polar surface area (TPSA) is 36.9 Å². The molecule has 1 heterocycles. The Morgan fingerprint density at radius 3 is 2.75 bits per heavy atom. The van der Waals surface area contributed by atoms with Gasteiger partial charge >= 0.3 is 0 Å². The summed E-state index contributed by atoms with van der Waals surface area (Å²) < 4.78 is 0. The Morgan fingerprint density at radius 1 is 1.38 bits per heavy atom. The predicted octanol–water partition coefficient (Wildman–Crippen LogP) is -3.58. The second-order valence-corrected chi connectivity index (χ2v) is 4.27. The van der Waals surface area contributed by atoms with Crippen molar-refractivity contribution in [1.29, 1.82) is 0 Å². The smallest absolute Gasteiger partial charge is 0.175 e. The van der Waals surface area contributed by atoms with Crippen LogP contribution in [0.5, 0.6) is 0 Å². The van der Waals surface area contributed by atoms with Gasteiger partial charge in [0, 0.05) is 19.2 Å². The zero-order valence-corrected chi connectivity index (χ0v) is 11.9. The minimum atomic E-state index is 0. The van der Waals surface area contributed by atoms with E-state index in [4.69, 9.17) is 5.84 Å². The molecular formula is C11H19IN4. The standard InChI is InChI=1S/C11H18N4.HI/c1-13(2)7-8-14-9-15(12)11-6-4-3-5-10(11)14;/h3-6H,7-9,12H2,1-2H3;1H. The minimum absolute atomic E-state index is 0. The van der Waals surface area contributed by atoms with Gasteiger partial charge in [-0.15, -0.1) is 0 Å². The highest BCUT2D eigenvalue weighted by atomic mass is 127. The highest BCUT2D eigenvalue weighted by molar-refractivity contribution is 5.64. The van der Waals surface area contributed by atoms with Gasteiger partial charge in [0.2, 0.25) is 0 Å². The van der Waals surface area contributed by atoms with E-state index in [-0.39, 0.29) is 24.0 Å². The van der Waals surface area contributed by atoms with E-state index in [2.05, 4.69) is 42.1 Å². The lowest BCUT2D eigenvalue weighted by atomic mass is 10.2. The molecular weight excluding hydrogens is 315 g/mol. The molecule has 1 aromatic rings. The van der Waals surface area contributed by atoms with Gasteiger partial charge in [-0.05, 0) is 20.2 Å². The molecule has 1 aromatic carbocycles. The van der Waals surface area contributed by atoms with Crippen LogP contribution in [0.1, 0.15) is 0 Å². The summed E-state index contributed by atoms with van der Waals surface area (Å²) in [5, 5.41) is 0.990. The average Bonchev–Trinajstić information content (AvgIpc) is 2.54. The van der Waals surface area contributed by atoms with Gasteiger partial charge in [0.1, 0.15) is 5.69 Å². The SMILES string of the molecule is CN(C)CCN1C[NH+](N)c2ccccc21.[I-]. The molecule has 16 heavy (non-hydrogen) atoms. The van der Waals surface area contributed by atoms with Crippen molar-refractivity contribution in [2.45, 2.75) is 0 Å². The molecule has 2 rings (SSSR count). The Hall–Kier alpha value is -0.370. The fourth-order valence-corrected chi connectivity index (χ4v) is 1.92. The van der Waals surface area contributed by atoms with Crippen LogP contribution >= 0.6 is 0 Å². The molecule has 0 fully saturated rings. The molecule has 0 saturated carbocycles. The Bertz CT molecular complexity index is 343. The average molecular weight is 334 g/mol. The number of nitrogen functional groups attached to an aromatic ring is 1. The highest BCUT2D eigenvalue weighted by Crippen LogP contribution is 2.24. The van der Waals surface area contributed by atoms with E-state index in [1.165, 1.54) is 11.4 Å². The number of hydrogen-bond donors (Lipinski definition) is 2. The molecule has 90 valence electrons. The van der Waals surface area contributed by atoms with Crippen molar-refractivity contribution in [3.8, 4) is 0 Å². The molecule has 0 amide bonds. The third-order valence-corrected chi connectivity index (χ3v) is 2.77. The maximum Gasteiger partial charge on any atom is 0.175 e. The quantitative estimate of drug-likeness (QED) is 0.444. The molecule has 0 spiro atoms. The lowest BCUT2D eigenvalue weighted by Gasteiger charge is -2.18. The summed E-state index contributed by atoms with van der Waals surface area (Å²) in [6, 6.07) is 8.35. The molecule has 1 atom stereocenters. The number of benzene rings is 1. The van der Waals surface area contributed by atoms with Crippen molar-refractivity contribution >= 4 is 11.4 Å². The molecule has 1 unspecified atom stereocenters. The maximum absolute atomic E-state index is 6.00. The first kappa shape index (κ1) is 13.7. The zero-order chi connectivity index (χ0) is 10.8. The van der Waals surface area contributed by atoms with Crippen molar-refractivity contribution in [2.75, 3.05) is 38.8 Å². The Kier molecular flexibility index (Phi) is 4.97. The molecule has 1 aliphatic heterocycles. The first-order chi connectivity index (χ1) is 7.18.